The predicted molar refractivity (Wildman–Crippen MR) is 58.4 cm³/mol. The average molecular weight is 217 g/mol. The van der Waals surface area contributed by atoms with Crippen molar-refractivity contribution in [2.24, 2.45) is 0 Å². The molecule has 1 rings (SSSR count). The maximum atomic E-state index is 11.2. The Bertz CT molecular complexity index is 442. The van der Waals surface area contributed by atoms with Gasteiger partial charge in [0.15, 0.2) is 6.04 Å². The van der Waals surface area contributed by atoms with Crippen molar-refractivity contribution in [1.29, 1.82) is 0 Å². The van der Waals surface area contributed by atoms with Crippen molar-refractivity contribution in [2.75, 3.05) is 0 Å². The van der Waals surface area contributed by atoms with Gasteiger partial charge in [0.1, 0.15) is 0 Å². The summed E-state index contributed by atoms with van der Waals surface area (Å²) in [6, 6.07) is 7.41. The highest BCUT2D eigenvalue weighted by Gasteiger charge is 2.20. The first-order chi connectivity index (χ1) is 7.65. The minimum absolute atomic E-state index is 0.515. The first-order valence-corrected chi connectivity index (χ1v) is 4.66. The Morgan fingerprint density at radius 1 is 1.31 bits per heavy atom. The fourth-order valence-corrected chi connectivity index (χ4v) is 1.21. The van der Waals surface area contributed by atoms with Crippen molar-refractivity contribution in [3.63, 3.8) is 0 Å². The zero-order valence-electron chi connectivity index (χ0n) is 8.73. The summed E-state index contributed by atoms with van der Waals surface area (Å²) in [5.41, 5.74) is 0.515. The van der Waals surface area contributed by atoms with Crippen molar-refractivity contribution >= 4 is 11.9 Å². The number of hydrogen-bond donors (Lipinski definition) is 2. The number of hydrogen-bond acceptors (Lipinski definition) is 2. The molecule has 4 nitrogen and oxygen atoms in total. The Hall–Kier alpha value is -2.28. The van der Waals surface area contributed by atoms with Gasteiger partial charge in [0.2, 0.25) is 0 Å². The number of carbonyl (C=O) groups excluding carboxylic acids is 1. The molecule has 1 unspecified atom stereocenters. The fourth-order valence-electron chi connectivity index (χ4n) is 1.21. The minimum Gasteiger partial charge on any atom is -0.479 e. The van der Waals surface area contributed by atoms with Crippen LogP contribution in [0.5, 0.6) is 0 Å². The lowest BCUT2D eigenvalue weighted by Gasteiger charge is -2.12. The van der Waals surface area contributed by atoms with Crippen molar-refractivity contribution in [2.45, 2.75) is 13.0 Å². The van der Waals surface area contributed by atoms with Gasteiger partial charge in [-0.25, -0.2) is 4.79 Å². The molecular weight excluding hydrogens is 206 g/mol. The van der Waals surface area contributed by atoms with Crippen LogP contribution in [0.25, 0.3) is 0 Å². The second-order valence-corrected chi connectivity index (χ2v) is 3.03. The zero-order chi connectivity index (χ0) is 12.0. The highest BCUT2D eigenvalue weighted by Crippen LogP contribution is 2.12. The topological polar surface area (TPSA) is 66.4 Å². The molecule has 0 aromatic heterocycles. The number of amides is 1. The van der Waals surface area contributed by atoms with Crippen LogP contribution in [-0.4, -0.2) is 17.0 Å². The van der Waals surface area contributed by atoms with Gasteiger partial charge in [-0.15, -0.1) is 0 Å². The average Bonchev–Trinajstić information content (AvgIpc) is 2.27. The standard InChI is InChI=1S/C12H11NO3/c1-2-6-10(14)13-11(12(15)16)9-7-4-3-5-8-9/h3-5,7-8,11H,1H3,(H,13,14)(H,15,16). The van der Waals surface area contributed by atoms with Crippen molar-refractivity contribution in [1.82, 2.24) is 5.32 Å². The summed E-state index contributed by atoms with van der Waals surface area (Å²) in [4.78, 5) is 22.2. The van der Waals surface area contributed by atoms with Crippen molar-refractivity contribution < 1.29 is 14.7 Å². The molecule has 0 heterocycles. The molecule has 1 atom stereocenters. The third-order valence-electron chi connectivity index (χ3n) is 1.89. The highest BCUT2D eigenvalue weighted by molar-refractivity contribution is 5.96. The summed E-state index contributed by atoms with van der Waals surface area (Å²) in [7, 11) is 0. The van der Waals surface area contributed by atoms with Crippen LogP contribution < -0.4 is 5.32 Å². The lowest BCUT2D eigenvalue weighted by molar-refractivity contribution is -0.141. The molecule has 0 spiro atoms. The third kappa shape index (κ3) is 3.14. The van der Waals surface area contributed by atoms with E-state index in [-0.39, 0.29) is 0 Å². The molecule has 1 aromatic carbocycles. The van der Waals surface area contributed by atoms with Crippen LogP contribution in [-0.2, 0) is 9.59 Å². The van der Waals surface area contributed by atoms with Crippen LogP contribution in [0.4, 0.5) is 0 Å². The fraction of sp³-hybridized carbons (Fsp3) is 0.167. The Kier molecular flexibility index (Phi) is 4.10. The van der Waals surface area contributed by atoms with E-state index in [0.29, 0.717) is 5.56 Å². The van der Waals surface area contributed by atoms with Gasteiger partial charge in [0.25, 0.3) is 5.91 Å². The molecule has 1 aromatic rings. The van der Waals surface area contributed by atoms with Gasteiger partial charge in [-0.2, -0.15) is 0 Å². The van der Waals surface area contributed by atoms with E-state index in [0.717, 1.165) is 0 Å². The van der Waals surface area contributed by atoms with E-state index in [1.165, 1.54) is 6.92 Å². The largest absolute Gasteiger partial charge is 0.479 e. The van der Waals surface area contributed by atoms with Gasteiger partial charge in [0.05, 0.1) is 0 Å². The summed E-state index contributed by atoms with van der Waals surface area (Å²) >= 11 is 0. The predicted octanol–water partition coefficient (Wildman–Crippen LogP) is 0.952. The summed E-state index contributed by atoms with van der Waals surface area (Å²) in [5, 5.41) is 11.3. The van der Waals surface area contributed by atoms with Gasteiger partial charge < -0.3 is 10.4 Å². The molecule has 0 aliphatic carbocycles. The summed E-state index contributed by atoms with van der Waals surface area (Å²) in [6.45, 7) is 1.51. The van der Waals surface area contributed by atoms with Crippen molar-refractivity contribution in [3.8, 4) is 11.8 Å². The molecule has 4 heteroatoms. The number of aliphatic carboxylic acids is 1. The second-order valence-electron chi connectivity index (χ2n) is 3.03. The van der Waals surface area contributed by atoms with E-state index in [4.69, 9.17) is 5.11 Å². The van der Waals surface area contributed by atoms with Crippen LogP contribution in [0.3, 0.4) is 0 Å². The molecule has 82 valence electrons. The molecular formula is C12H11NO3. The van der Waals surface area contributed by atoms with E-state index in [1.807, 2.05) is 0 Å². The molecule has 1 amide bonds. The normalized spacial score (nSPS) is 10.8. The Morgan fingerprint density at radius 3 is 2.44 bits per heavy atom. The first-order valence-electron chi connectivity index (χ1n) is 4.66. The molecule has 0 bridgehead atoms. The number of nitrogens with one attached hydrogen (secondary N) is 1. The Balaban J connectivity index is 2.88. The molecule has 0 aliphatic rings. The summed E-state index contributed by atoms with van der Waals surface area (Å²) in [5.74, 6) is 2.93. The summed E-state index contributed by atoms with van der Waals surface area (Å²) < 4.78 is 0. The van der Waals surface area contributed by atoms with E-state index >= 15 is 0 Å². The SMILES string of the molecule is CC#CC(=O)NC(C(=O)O)c1ccccc1. The van der Waals surface area contributed by atoms with Crippen LogP contribution in [0.1, 0.15) is 18.5 Å². The maximum absolute atomic E-state index is 11.2. The monoisotopic (exact) mass is 217 g/mol. The van der Waals surface area contributed by atoms with E-state index in [2.05, 4.69) is 17.2 Å². The second kappa shape index (κ2) is 5.56. The molecule has 0 fully saturated rings. The minimum atomic E-state index is -1.11. The summed E-state index contributed by atoms with van der Waals surface area (Å²) in [6.07, 6.45) is 0. The Labute approximate surface area is 93.3 Å². The van der Waals surface area contributed by atoms with E-state index in [1.54, 1.807) is 30.3 Å². The number of carboxylic acids is 1. The van der Waals surface area contributed by atoms with Crippen LogP contribution in [0, 0.1) is 11.8 Å². The van der Waals surface area contributed by atoms with Gasteiger partial charge in [-0.05, 0) is 18.4 Å². The van der Waals surface area contributed by atoms with Crippen molar-refractivity contribution in [3.05, 3.63) is 35.9 Å². The van der Waals surface area contributed by atoms with Gasteiger partial charge >= 0.3 is 5.97 Å². The number of benzene rings is 1. The van der Waals surface area contributed by atoms with E-state index in [9.17, 15) is 9.59 Å². The van der Waals surface area contributed by atoms with Crippen LogP contribution in [0.15, 0.2) is 30.3 Å². The van der Waals surface area contributed by atoms with Gasteiger partial charge in [0, 0.05) is 0 Å². The first kappa shape index (κ1) is 11.8. The number of rotatable bonds is 3. The van der Waals surface area contributed by atoms with Crippen LogP contribution >= 0.6 is 0 Å². The van der Waals surface area contributed by atoms with Gasteiger partial charge in [-0.1, -0.05) is 36.3 Å². The highest BCUT2D eigenvalue weighted by atomic mass is 16.4. The third-order valence-corrected chi connectivity index (χ3v) is 1.89. The molecule has 0 saturated heterocycles. The lowest BCUT2D eigenvalue weighted by Crippen LogP contribution is -2.32. The molecule has 16 heavy (non-hydrogen) atoms. The number of carboxylic acid groups (broad SMARTS) is 1. The lowest BCUT2D eigenvalue weighted by atomic mass is 10.1. The Morgan fingerprint density at radius 2 is 1.94 bits per heavy atom. The molecule has 0 aliphatic heterocycles. The zero-order valence-corrected chi connectivity index (χ0v) is 8.73. The maximum Gasteiger partial charge on any atom is 0.330 e. The van der Waals surface area contributed by atoms with Gasteiger partial charge in [-0.3, -0.25) is 4.79 Å². The molecule has 2 N–H and O–H groups in total. The number of carbonyl (C=O) groups is 2. The smallest absolute Gasteiger partial charge is 0.330 e. The van der Waals surface area contributed by atoms with Crippen LogP contribution in [0.2, 0.25) is 0 Å². The molecule has 0 saturated carbocycles. The quantitative estimate of drug-likeness (QED) is 0.741. The van der Waals surface area contributed by atoms with E-state index < -0.39 is 17.9 Å². The molecule has 0 radical (unpaired) electrons.